The molecular weight excluding hydrogens is 390 g/mol. The number of hydrogen-bond donors (Lipinski definition) is 1. The third kappa shape index (κ3) is 4.16. The SMILES string of the molecule is COc1ccc(NC(=O)CSc2nc(-c3cccs3)nc3ccccc23)cc1. The monoisotopic (exact) mass is 407 g/mol. The molecule has 28 heavy (non-hydrogen) atoms. The standard InChI is InChI=1S/C21H17N3O2S2/c1-26-15-10-8-14(9-11-15)22-19(25)13-28-21-16-5-2-3-6-17(16)23-20(24-21)18-7-4-12-27-18/h2-12H,13H2,1H3,(H,22,25). The van der Waals surface area contributed by atoms with E-state index in [2.05, 4.69) is 10.3 Å². The number of nitrogens with zero attached hydrogens (tertiary/aromatic N) is 2. The second-order valence-electron chi connectivity index (χ2n) is 5.91. The smallest absolute Gasteiger partial charge is 0.234 e. The topological polar surface area (TPSA) is 64.1 Å². The van der Waals surface area contributed by atoms with Crippen molar-refractivity contribution in [1.82, 2.24) is 9.97 Å². The summed E-state index contributed by atoms with van der Waals surface area (Å²) in [6.45, 7) is 0. The van der Waals surface area contributed by atoms with Gasteiger partial charge in [0, 0.05) is 11.1 Å². The number of thiophene rings is 1. The zero-order valence-electron chi connectivity index (χ0n) is 15.1. The van der Waals surface area contributed by atoms with Crippen LogP contribution in [0.15, 0.2) is 71.1 Å². The van der Waals surface area contributed by atoms with Gasteiger partial charge in [-0.15, -0.1) is 11.3 Å². The number of hydrogen-bond acceptors (Lipinski definition) is 6. The lowest BCUT2D eigenvalue weighted by molar-refractivity contribution is -0.113. The van der Waals surface area contributed by atoms with Crippen molar-refractivity contribution >= 4 is 45.6 Å². The maximum atomic E-state index is 12.4. The number of nitrogens with one attached hydrogen (secondary N) is 1. The van der Waals surface area contributed by atoms with E-state index in [1.807, 2.05) is 66.0 Å². The van der Waals surface area contributed by atoms with Crippen LogP contribution in [0.25, 0.3) is 21.6 Å². The Balaban J connectivity index is 1.52. The van der Waals surface area contributed by atoms with Gasteiger partial charge in [-0.1, -0.05) is 36.0 Å². The van der Waals surface area contributed by atoms with E-state index < -0.39 is 0 Å². The molecule has 140 valence electrons. The Bertz CT molecular complexity index is 1100. The highest BCUT2D eigenvalue weighted by molar-refractivity contribution is 8.00. The van der Waals surface area contributed by atoms with E-state index >= 15 is 0 Å². The van der Waals surface area contributed by atoms with Crippen LogP contribution in [0.3, 0.4) is 0 Å². The molecule has 0 aliphatic rings. The summed E-state index contributed by atoms with van der Waals surface area (Å²) in [6.07, 6.45) is 0. The molecule has 0 radical (unpaired) electrons. The highest BCUT2D eigenvalue weighted by Crippen LogP contribution is 2.30. The van der Waals surface area contributed by atoms with Crippen LogP contribution in [0.2, 0.25) is 0 Å². The van der Waals surface area contributed by atoms with Gasteiger partial charge in [0.2, 0.25) is 5.91 Å². The first-order valence-corrected chi connectivity index (χ1v) is 10.5. The zero-order chi connectivity index (χ0) is 19.3. The van der Waals surface area contributed by atoms with E-state index in [-0.39, 0.29) is 11.7 Å². The van der Waals surface area contributed by atoms with E-state index in [4.69, 9.17) is 9.72 Å². The second-order valence-corrected chi connectivity index (χ2v) is 7.82. The molecule has 0 aliphatic heterocycles. The fourth-order valence-corrected chi connectivity index (χ4v) is 4.16. The Labute approximate surface area is 170 Å². The summed E-state index contributed by atoms with van der Waals surface area (Å²) >= 11 is 3.01. The van der Waals surface area contributed by atoms with Crippen molar-refractivity contribution in [3.05, 3.63) is 66.0 Å². The lowest BCUT2D eigenvalue weighted by Crippen LogP contribution is -2.14. The van der Waals surface area contributed by atoms with E-state index in [1.165, 1.54) is 11.8 Å². The summed E-state index contributed by atoms with van der Waals surface area (Å²) in [5.74, 6) is 1.61. The van der Waals surface area contributed by atoms with Crippen LogP contribution in [0.1, 0.15) is 0 Å². The summed E-state index contributed by atoms with van der Waals surface area (Å²) in [4.78, 5) is 22.8. The molecule has 0 bridgehead atoms. The van der Waals surface area contributed by atoms with Gasteiger partial charge >= 0.3 is 0 Å². The molecule has 1 amide bonds. The van der Waals surface area contributed by atoms with E-state index in [0.717, 1.165) is 32.2 Å². The van der Waals surface area contributed by atoms with Crippen LogP contribution in [0.4, 0.5) is 5.69 Å². The van der Waals surface area contributed by atoms with Crippen molar-refractivity contribution in [1.29, 1.82) is 0 Å². The summed E-state index contributed by atoms with van der Waals surface area (Å²) in [6, 6.07) is 19.1. The van der Waals surface area contributed by atoms with Crippen molar-refractivity contribution in [2.45, 2.75) is 5.03 Å². The Morgan fingerprint density at radius 3 is 2.64 bits per heavy atom. The molecule has 0 fully saturated rings. The second kappa shape index (κ2) is 8.41. The first kappa shape index (κ1) is 18.5. The number of thioether (sulfide) groups is 1. The molecule has 0 unspecified atom stereocenters. The maximum Gasteiger partial charge on any atom is 0.234 e. The number of ether oxygens (including phenoxy) is 1. The van der Waals surface area contributed by atoms with Gasteiger partial charge in [0.25, 0.3) is 0 Å². The first-order chi connectivity index (χ1) is 13.7. The van der Waals surface area contributed by atoms with Crippen molar-refractivity contribution in [3.8, 4) is 16.5 Å². The molecule has 4 aromatic rings. The minimum Gasteiger partial charge on any atom is -0.497 e. The number of carbonyl (C=O) groups excluding carboxylic acids is 1. The third-order valence-electron chi connectivity index (χ3n) is 4.02. The number of benzene rings is 2. The Hall–Kier alpha value is -2.90. The van der Waals surface area contributed by atoms with Crippen LogP contribution in [0, 0.1) is 0 Å². The number of aromatic nitrogens is 2. The molecule has 0 atom stereocenters. The fraction of sp³-hybridized carbons (Fsp3) is 0.0952. The van der Waals surface area contributed by atoms with Gasteiger partial charge < -0.3 is 10.1 Å². The van der Waals surface area contributed by atoms with Crippen LogP contribution in [-0.2, 0) is 4.79 Å². The van der Waals surface area contributed by atoms with Crippen molar-refractivity contribution in [2.75, 3.05) is 18.2 Å². The van der Waals surface area contributed by atoms with E-state index in [1.54, 1.807) is 18.4 Å². The molecule has 2 heterocycles. The highest BCUT2D eigenvalue weighted by atomic mass is 32.2. The lowest BCUT2D eigenvalue weighted by atomic mass is 10.2. The minimum atomic E-state index is -0.0875. The number of rotatable bonds is 6. The van der Waals surface area contributed by atoms with Gasteiger partial charge in [-0.3, -0.25) is 4.79 Å². The van der Waals surface area contributed by atoms with E-state index in [9.17, 15) is 4.79 Å². The largest absolute Gasteiger partial charge is 0.497 e. The van der Waals surface area contributed by atoms with Crippen LogP contribution in [-0.4, -0.2) is 28.7 Å². The third-order valence-corrected chi connectivity index (χ3v) is 5.88. The number of para-hydroxylation sites is 1. The van der Waals surface area contributed by atoms with Gasteiger partial charge in [0.15, 0.2) is 5.82 Å². The predicted molar refractivity (Wildman–Crippen MR) is 115 cm³/mol. The molecule has 0 aliphatic carbocycles. The normalized spacial score (nSPS) is 10.8. The van der Waals surface area contributed by atoms with Gasteiger partial charge in [-0.05, 0) is 41.8 Å². The summed E-state index contributed by atoms with van der Waals surface area (Å²) < 4.78 is 5.13. The van der Waals surface area contributed by atoms with Crippen LogP contribution < -0.4 is 10.1 Å². The van der Waals surface area contributed by atoms with Crippen LogP contribution in [0.5, 0.6) is 5.75 Å². The summed E-state index contributed by atoms with van der Waals surface area (Å²) in [5.41, 5.74) is 1.61. The first-order valence-electron chi connectivity index (χ1n) is 8.60. The van der Waals surface area contributed by atoms with Crippen LogP contribution >= 0.6 is 23.1 Å². The number of fused-ring (bicyclic) bond motifs is 1. The van der Waals surface area contributed by atoms with Crippen molar-refractivity contribution in [3.63, 3.8) is 0 Å². The number of carbonyl (C=O) groups is 1. The lowest BCUT2D eigenvalue weighted by Gasteiger charge is -2.09. The average Bonchev–Trinajstić information content (AvgIpc) is 3.27. The van der Waals surface area contributed by atoms with Gasteiger partial charge in [-0.2, -0.15) is 0 Å². The average molecular weight is 408 g/mol. The molecule has 7 heteroatoms. The van der Waals surface area contributed by atoms with Crippen molar-refractivity contribution < 1.29 is 9.53 Å². The Morgan fingerprint density at radius 1 is 1.07 bits per heavy atom. The van der Waals surface area contributed by atoms with Gasteiger partial charge in [0.1, 0.15) is 10.8 Å². The van der Waals surface area contributed by atoms with Gasteiger partial charge in [-0.25, -0.2) is 9.97 Å². The molecule has 2 aromatic heterocycles. The number of methoxy groups -OCH3 is 1. The molecule has 1 N–H and O–H groups in total. The molecule has 0 spiro atoms. The highest BCUT2D eigenvalue weighted by Gasteiger charge is 2.12. The number of amides is 1. The molecular formula is C21H17N3O2S2. The van der Waals surface area contributed by atoms with Crippen molar-refractivity contribution in [2.24, 2.45) is 0 Å². The Morgan fingerprint density at radius 2 is 1.89 bits per heavy atom. The zero-order valence-corrected chi connectivity index (χ0v) is 16.7. The quantitative estimate of drug-likeness (QED) is 0.356. The van der Waals surface area contributed by atoms with E-state index in [0.29, 0.717) is 5.82 Å². The maximum absolute atomic E-state index is 12.4. The summed E-state index contributed by atoms with van der Waals surface area (Å²) in [5, 5.41) is 6.65. The molecule has 0 saturated heterocycles. The number of anilines is 1. The minimum absolute atomic E-state index is 0.0875. The fourth-order valence-electron chi connectivity index (χ4n) is 2.68. The summed E-state index contributed by atoms with van der Waals surface area (Å²) in [7, 11) is 1.61. The Kier molecular flexibility index (Phi) is 5.55. The molecule has 2 aromatic carbocycles. The molecule has 0 saturated carbocycles. The predicted octanol–water partition coefficient (Wildman–Crippen LogP) is 5.10. The molecule has 5 nitrogen and oxygen atoms in total. The van der Waals surface area contributed by atoms with Gasteiger partial charge in [0.05, 0.1) is 23.3 Å². The molecule has 4 rings (SSSR count).